The van der Waals surface area contributed by atoms with Gasteiger partial charge >= 0.3 is 5.69 Å². The number of azo groups is 1. The number of diazo groups is 1. The molecule has 2 aromatic carbocycles. The summed E-state index contributed by atoms with van der Waals surface area (Å²) in [6.07, 6.45) is 0. The predicted molar refractivity (Wildman–Crippen MR) is 81.6 cm³/mol. The standard InChI is InChI=1S/C14H12N5O4/c1-22-13-8-12(14(23-2)7-11(13)16-15)18-17-9-3-5-10(6-4-9)19(20)21/h3-8H,1-2H3/q+1/b18-17+. The third-order valence-corrected chi connectivity index (χ3v) is 2.92. The summed E-state index contributed by atoms with van der Waals surface area (Å²) in [4.78, 5) is 13.2. The lowest BCUT2D eigenvalue weighted by atomic mass is 10.2. The van der Waals surface area contributed by atoms with Crippen molar-refractivity contribution < 1.29 is 14.4 Å². The van der Waals surface area contributed by atoms with Gasteiger partial charge in [0.05, 0.1) is 30.9 Å². The molecule has 9 nitrogen and oxygen atoms in total. The number of rotatable bonds is 5. The molecule has 0 N–H and O–H groups in total. The van der Waals surface area contributed by atoms with Crippen LogP contribution in [0, 0.1) is 15.5 Å². The Balaban J connectivity index is 2.34. The van der Waals surface area contributed by atoms with E-state index in [0.717, 1.165) is 0 Å². The van der Waals surface area contributed by atoms with Crippen molar-refractivity contribution in [3.8, 4) is 11.5 Å². The maximum atomic E-state index is 10.6. The molecule has 0 aliphatic carbocycles. The smallest absolute Gasteiger partial charge is 0.430 e. The second-order valence-corrected chi connectivity index (χ2v) is 4.27. The number of hydrogen-bond donors (Lipinski definition) is 0. The molecular formula is C14H12N5O4+. The lowest BCUT2D eigenvalue weighted by molar-refractivity contribution is -0.384. The average molecular weight is 314 g/mol. The molecule has 0 saturated heterocycles. The molecule has 116 valence electrons. The summed E-state index contributed by atoms with van der Waals surface area (Å²) in [7, 11) is 2.86. The Morgan fingerprint density at radius 3 is 2.26 bits per heavy atom. The summed E-state index contributed by atoms with van der Waals surface area (Å²) in [5.41, 5.74) is 0.957. The maximum absolute atomic E-state index is 10.6. The lowest BCUT2D eigenvalue weighted by Gasteiger charge is -2.04. The van der Waals surface area contributed by atoms with Gasteiger partial charge in [-0.2, -0.15) is 5.11 Å². The molecule has 0 heterocycles. The molecule has 23 heavy (non-hydrogen) atoms. The summed E-state index contributed by atoms with van der Waals surface area (Å²) < 4.78 is 10.2. The maximum Gasteiger partial charge on any atom is 0.430 e. The van der Waals surface area contributed by atoms with Gasteiger partial charge in [-0.05, 0) is 12.1 Å². The van der Waals surface area contributed by atoms with Crippen molar-refractivity contribution in [2.24, 2.45) is 10.2 Å². The Bertz CT molecular complexity index is 796. The van der Waals surface area contributed by atoms with Crippen LogP contribution in [0.5, 0.6) is 11.5 Å². The van der Waals surface area contributed by atoms with Crippen LogP contribution < -0.4 is 9.47 Å². The van der Waals surface area contributed by atoms with E-state index in [1.807, 2.05) is 0 Å². The van der Waals surface area contributed by atoms with Crippen LogP contribution in [0.2, 0.25) is 0 Å². The van der Waals surface area contributed by atoms with E-state index in [1.165, 1.54) is 50.6 Å². The van der Waals surface area contributed by atoms with Crippen LogP contribution >= 0.6 is 0 Å². The van der Waals surface area contributed by atoms with Gasteiger partial charge < -0.3 is 9.47 Å². The van der Waals surface area contributed by atoms with Crippen molar-refractivity contribution in [2.75, 3.05) is 14.2 Å². The molecule has 0 unspecified atom stereocenters. The minimum Gasteiger partial charge on any atom is -0.494 e. The monoisotopic (exact) mass is 314 g/mol. The number of hydrogen-bond acceptors (Lipinski definition) is 7. The van der Waals surface area contributed by atoms with Crippen LogP contribution in [0.1, 0.15) is 0 Å². The summed E-state index contributed by atoms with van der Waals surface area (Å²) in [5.74, 6) is 0.634. The van der Waals surface area contributed by atoms with Gasteiger partial charge in [0.15, 0.2) is 10.7 Å². The van der Waals surface area contributed by atoms with E-state index in [1.54, 1.807) is 0 Å². The van der Waals surface area contributed by atoms with Gasteiger partial charge in [0, 0.05) is 18.2 Å². The van der Waals surface area contributed by atoms with Gasteiger partial charge in [0.2, 0.25) is 11.1 Å². The highest BCUT2D eigenvalue weighted by Crippen LogP contribution is 2.40. The van der Waals surface area contributed by atoms with E-state index >= 15 is 0 Å². The molecule has 0 aromatic heterocycles. The molecular weight excluding hydrogens is 302 g/mol. The van der Waals surface area contributed by atoms with Crippen LogP contribution in [-0.4, -0.2) is 19.1 Å². The first-order chi connectivity index (χ1) is 11.1. The Hall–Kier alpha value is -3.54. The second kappa shape index (κ2) is 6.95. The number of benzene rings is 2. The summed E-state index contributed by atoms with van der Waals surface area (Å²) in [6, 6.07) is 8.57. The fourth-order valence-electron chi connectivity index (χ4n) is 1.77. The fourth-order valence-corrected chi connectivity index (χ4v) is 1.77. The van der Waals surface area contributed by atoms with Crippen molar-refractivity contribution >= 4 is 22.7 Å². The Morgan fingerprint density at radius 1 is 1.09 bits per heavy atom. The molecule has 0 aliphatic rings. The first-order valence-electron chi connectivity index (χ1n) is 6.36. The summed E-state index contributed by atoms with van der Waals surface area (Å²) in [6.45, 7) is 0. The Labute approximate surface area is 131 Å². The van der Waals surface area contributed by atoms with Crippen molar-refractivity contribution in [1.29, 1.82) is 5.39 Å². The van der Waals surface area contributed by atoms with Crippen LogP contribution in [-0.2, 0) is 0 Å². The summed E-state index contributed by atoms with van der Waals surface area (Å²) >= 11 is 0. The first kappa shape index (κ1) is 15.8. The van der Waals surface area contributed by atoms with Gasteiger partial charge in [0.1, 0.15) is 5.69 Å². The van der Waals surface area contributed by atoms with Gasteiger partial charge in [-0.15, -0.1) is 5.11 Å². The molecule has 0 aliphatic heterocycles. The third-order valence-electron chi connectivity index (χ3n) is 2.92. The van der Waals surface area contributed by atoms with Gasteiger partial charge in [-0.3, -0.25) is 10.1 Å². The minimum atomic E-state index is -0.494. The zero-order valence-corrected chi connectivity index (χ0v) is 12.3. The average Bonchev–Trinajstić information content (AvgIpc) is 2.59. The van der Waals surface area contributed by atoms with Crippen molar-refractivity contribution in [1.82, 2.24) is 0 Å². The molecule has 0 radical (unpaired) electrons. The molecule has 0 saturated carbocycles. The second-order valence-electron chi connectivity index (χ2n) is 4.27. The normalized spacial score (nSPS) is 10.3. The Morgan fingerprint density at radius 2 is 1.74 bits per heavy atom. The van der Waals surface area contributed by atoms with Crippen LogP contribution in [0.25, 0.3) is 4.98 Å². The minimum absolute atomic E-state index is 0.0305. The first-order valence-corrected chi connectivity index (χ1v) is 6.36. The number of non-ortho nitro benzene ring substituents is 1. The van der Waals surface area contributed by atoms with Crippen molar-refractivity contribution in [3.63, 3.8) is 0 Å². The molecule has 2 rings (SSSR count). The molecule has 0 bridgehead atoms. The molecule has 0 fully saturated rings. The third kappa shape index (κ3) is 3.56. The lowest BCUT2D eigenvalue weighted by Crippen LogP contribution is -1.87. The predicted octanol–water partition coefficient (Wildman–Crippen LogP) is 4.51. The van der Waals surface area contributed by atoms with Gasteiger partial charge in [-0.1, -0.05) is 0 Å². The van der Waals surface area contributed by atoms with Crippen molar-refractivity contribution in [3.05, 3.63) is 51.5 Å². The topological polar surface area (TPSA) is 114 Å². The molecule has 0 amide bonds. The van der Waals surface area contributed by atoms with E-state index in [2.05, 4.69) is 15.2 Å². The molecule has 9 heteroatoms. The molecule has 2 aromatic rings. The highest BCUT2D eigenvalue weighted by molar-refractivity contribution is 5.69. The van der Waals surface area contributed by atoms with E-state index < -0.39 is 4.92 Å². The largest absolute Gasteiger partial charge is 0.494 e. The van der Waals surface area contributed by atoms with E-state index in [0.29, 0.717) is 22.9 Å². The van der Waals surface area contributed by atoms with E-state index in [9.17, 15) is 10.1 Å². The van der Waals surface area contributed by atoms with Crippen LogP contribution in [0.3, 0.4) is 0 Å². The van der Waals surface area contributed by atoms with Crippen LogP contribution in [0.15, 0.2) is 46.6 Å². The fraction of sp³-hybridized carbons (Fsp3) is 0.143. The quantitative estimate of drug-likeness (QED) is 0.348. The summed E-state index contributed by atoms with van der Waals surface area (Å²) in [5, 5.41) is 27.5. The van der Waals surface area contributed by atoms with Crippen molar-refractivity contribution in [2.45, 2.75) is 0 Å². The zero-order valence-electron chi connectivity index (χ0n) is 12.3. The molecule has 0 spiro atoms. The van der Waals surface area contributed by atoms with E-state index in [-0.39, 0.29) is 11.4 Å². The number of nitro benzene ring substituents is 1. The SMILES string of the molecule is COc1cc([N+]#N)c(OC)cc1/N=N/c1ccc([N+](=O)[O-])cc1. The number of nitrogens with zero attached hydrogens (tertiary/aromatic N) is 5. The van der Waals surface area contributed by atoms with Gasteiger partial charge in [0.25, 0.3) is 5.69 Å². The zero-order chi connectivity index (χ0) is 16.8. The van der Waals surface area contributed by atoms with Gasteiger partial charge in [-0.25, -0.2) is 0 Å². The number of nitro groups is 1. The highest BCUT2D eigenvalue weighted by atomic mass is 16.6. The highest BCUT2D eigenvalue weighted by Gasteiger charge is 2.20. The van der Waals surface area contributed by atoms with E-state index in [4.69, 9.17) is 14.9 Å². The number of methoxy groups -OCH3 is 2. The Kier molecular flexibility index (Phi) is 4.79. The number of ether oxygens (including phenoxy) is 2. The molecule has 0 atom stereocenters. The van der Waals surface area contributed by atoms with Crippen LogP contribution in [0.4, 0.5) is 22.7 Å².